The fourth-order valence-electron chi connectivity index (χ4n) is 3.97. The van der Waals surface area contributed by atoms with Gasteiger partial charge in [0, 0.05) is 24.3 Å². The Hall–Kier alpha value is -2.62. The van der Waals surface area contributed by atoms with E-state index in [4.69, 9.17) is 4.98 Å². The minimum absolute atomic E-state index is 0.0228. The van der Waals surface area contributed by atoms with E-state index in [2.05, 4.69) is 29.5 Å². The first kappa shape index (κ1) is 14.7. The average molecular weight is 331 g/mol. The van der Waals surface area contributed by atoms with Gasteiger partial charge in [0.25, 0.3) is 5.91 Å². The van der Waals surface area contributed by atoms with E-state index < -0.39 is 0 Å². The summed E-state index contributed by atoms with van der Waals surface area (Å²) in [5.41, 5.74) is 3.80. The number of anilines is 1. The molecule has 1 amide bonds. The van der Waals surface area contributed by atoms with Gasteiger partial charge in [-0.2, -0.15) is 0 Å². The van der Waals surface area contributed by atoms with Crippen molar-refractivity contribution in [3.8, 4) is 0 Å². The van der Waals surface area contributed by atoms with E-state index in [0.29, 0.717) is 17.5 Å². The summed E-state index contributed by atoms with van der Waals surface area (Å²) >= 11 is 0. The van der Waals surface area contributed by atoms with Crippen molar-refractivity contribution in [2.24, 2.45) is 5.92 Å². The monoisotopic (exact) mass is 331 g/mol. The summed E-state index contributed by atoms with van der Waals surface area (Å²) in [6, 6.07) is 14.2. The predicted molar refractivity (Wildman–Crippen MR) is 98.2 cm³/mol. The van der Waals surface area contributed by atoms with Gasteiger partial charge in [-0.25, -0.2) is 4.98 Å². The Morgan fingerprint density at radius 2 is 1.92 bits per heavy atom. The van der Waals surface area contributed by atoms with Crippen LogP contribution in [0.1, 0.15) is 47.6 Å². The lowest BCUT2D eigenvalue weighted by Crippen LogP contribution is -2.39. The predicted octanol–water partition coefficient (Wildman–Crippen LogP) is 4.05. The van der Waals surface area contributed by atoms with Gasteiger partial charge in [-0.15, -0.1) is 0 Å². The van der Waals surface area contributed by atoms with Crippen LogP contribution in [-0.2, 0) is 6.42 Å². The van der Waals surface area contributed by atoms with Crippen molar-refractivity contribution in [2.75, 3.05) is 11.4 Å². The molecule has 2 aliphatic rings. The highest BCUT2D eigenvalue weighted by Gasteiger charge is 2.33. The highest BCUT2D eigenvalue weighted by molar-refractivity contribution is 6.09. The number of hydrogen-bond donors (Lipinski definition) is 0. The van der Waals surface area contributed by atoms with Crippen LogP contribution < -0.4 is 4.90 Å². The Morgan fingerprint density at radius 1 is 1.12 bits per heavy atom. The number of fused-ring (bicyclic) bond motifs is 2. The van der Waals surface area contributed by atoms with E-state index in [1.54, 1.807) is 0 Å². The largest absolute Gasteiger partial charge is 0.306 e. The van der Waals surface area contributed by atoms with Crippen LogP contribution >= 0.6 is 0 Å². The Bertz CT molecular complexity index is 970. The highest BCUT2D eigenvalue weighted by atomic mass is 16.2. The first-order valence-electron chi connectivity index (χ1n) is 9.09. The third-order valence-corrected chi connectivity index (χ3v) is 5.31. The third-order valence-electron chi connectivity index (χ3n) is 5.31. The second-order valence-electron chi connectivity index (χ2n) is 7.40. The zero-order valence-electron chi connectivity index (χ0n) is 14.4. The summed E-state index contributed by atoms with van der Waals surface area (Å²) < 4.78 is 2.10. The van der Waals surface area contributed by atoms with E-state index in [0.717, 1.165) is 30.0 Å². The summed E-state index contributed by atoms with van der Waals surface area (Å²) in [7, 11) is 0. The number of rotatable bonds is 2. The van der Waals surface area contributed by atoms with E-state index in [1.807, 2.05) is 35.4 Å². The molecule has 5 rings (SSSR count). The zero-order chi connectivity index (χ0) is 17.0. The number of pyridine rings is 1. The minimum atomic E-state index is 0.0228. The zero-order valence-corrected chi connectivity index (χ0v) is 14.4. The number of imidazole rings is 1. The van der Waals surface area contributed by atoms with Gasteiger partial charge in [0.15, 0.2) is 5.69 Å². The fraction of sp³-hybridized carbons (Fsp3) is 0.333. The molecular weight excluding hydrogens is 310 g/mol. The van der Waals surface area contributed by atoms with Gasteiger partial charge < -0.3 is 9.30 Å². The van der Waals surface area contributed by atoms with Crippen molar-refractivity contribution in [3.05, 3.63) is 65.7 Å². The molecule has 2 aromatic heterocycles. The van der Waals surface area contributed by atoms with Crippen molar-refractivity contribution < 1.29 is 4.79 Å². The number of aromatic nitrogens is 2. The molecule has 0 radical (unpaired) electrons. The molecule has 0 N–H and O–H groups in total. The van der Waals surface area contributed by atoms with Crippen molar-refractivity contribution in [1.82, 2.24) is 9.38 Å². The molecule has 1 saturated carbocycles. The number of para-hydroxylation sites is 1. The Kier molecular flexibility index (Phi) is 3.20. The van der Waals surface area contributed by atoms with Crippen LogP contribution in [0.25, 0.3) is 5.52 Å². The average Bonchev–Trinajstić information content (AvgIpc) is 3.41. The second kappa shape index (κ2) is 5.45. The van der Waals surface area contributed by atoms with Gasteiger partial charge in [0.1, 0.15) is 5.82 Å². The molecule has 1 fully saturated rings. The molecule has 126 valence electrons. The van der Waals surface area contributed by atoms with Crippen molar-refractivity contribution in [3.63, 3.8) is 0 Å². The SMILES string of the molecule is CC1Cc2ccccc2N(C(=O)c2nc(C3CC3)n3ccccc23)C1. The van der Waals surface area contributed by atoms with Crippen LogP contribution in [0.2, 0.25) is 0 Å². The van der Waals surface area contributed by atoms with Crippen LogP contribution in [0, 0.1) is 5.92 Å². The summed E-state index contributed by atoms with van der Waals surface area (Å²) in [5.74, 6) is 2.02. The summed E-state index contributed by atoms with van der Waals surface area (Å²) in [6.07, 6.45) is 5.40. The van der Waals surface area contributed by atoms with Crippen LogP contribution in [0.3, 0.4) is 0 Å². The van der Waals surface area contributed by atoms with Gasteiger partial charge in [0.05, 0.1) is 5.52 Å². The molecule has 3 aromatic rings. The normalized spacial score (nSPS) is 19.9. The Balaban J connectivity index is 1.63. The molecule has 1 atom stereocenters. The summed E-state index contributed by atoms with van der Waals surface area (Å²) in [6.45, 7) is 2.96. The maximum atomic E-state index is 13.4. The lowest BCUT2D eigenvalue weighted by molar-refractivity contribution is 0.0978. The van der Waals surface area contributed by atoms with Crippen molar-refractivity contribution in [2.45, 2.75) is 32.1 Å². The second-order valence-corrected chi connectivity index (χ2v) is 7.40. The van der Waals surface area contributed by atoms with Crippen LogP contribution in [0.15, 0.2) is 48.7 Å². The molecule has 0 saturated heterocycles. The van der Waals surface area contributed by atoms with E-state index >= 15 is 0 Å². The molecular formula is C21H21N3O. The number of nitrogens with zero attached hydrogens (tertiary/aromatic N) is 3. The molecule has 4 nitrogen and oxygen atoms in total. The van der Waals surface area contributed by atoms with Gasteiger partial charge >= 0.3 is 0 Å². The smallest absolute Gasteiger partial charge is 0.279 e. The van der Waals surface area contributed by atoms with Crippen LogP contribution in [0.4, 0.5) is 5.69 Å². The molecule has 1 aliphatic carbocycles. The van der Waals surface area contributed by atoms with Gasteiger partial charge in [0.2, 0.25) is 0 Å². The molecule has 1 unspecified atom stereocenters. The molecule has 25 heavy (non-hydrogen) atoms. The number of hydrogen-bond acceptors (Lipinski definition) is 2. The number of amides is 1. The first-order chi connectivity index (χ1) is 12.2. The number of benzene rings is 1. The lowest BCUT2D eigenvalue weighted by Gasteiger charge is -2.32. The Morgan fingerprint density at radius 3 is 2.76 bits per heavy atom. The molecule has 1 aliphatic heterocycles. The standard InChI is InChI=1S/C21H21N3O/c1-14-12-16-6-2-3-7-17(16)24(13-14)21(25)19-18-8-4-5-11-23(18)20(22-19)15-9-10-15/h2-8,11,14-15H,9-10,12-13H2,1H3. The highest BCUT2D eigenvalue weighted by Crippen LogP contribution is 2.40. The maximum absolute atomic E-state index is 13.4. The van der Waals surface area contributed by atoms with E-state index in [1.165, 1.54) is 18.4 Å². The molecule has 4 heteroatoms. The van der Waals surface area contributed by atoms with Crippen molar-refractivity contribution in [1.29, 1.82) is 0 Å². The minimum Gasteiger partial charge on any atom is -0.306 e. The molecule has 0 spiro atoms. The third kappa shape index (κ3) is 2.36. The number of carbonyl (C=O) groups is 1. The van der Waals surface area contributed by atoms with Gasteiger partial charge in [-0.05, 0) is 48.9 Å². The maximum Gasteiger partial charge on any atom is 0.279 e. The van der Waals surface area contributed by atoms with Crippen LogP contribution in [-0.4, -0.2) is 21.8 Å². The van der Waals surface area contributed by atoms with E-state index in [-0.39, 0.29) is 5.91 Å². The first-order valence-corrected chi connectivity index (χ1v) is 9.09. The summed E-state index contributed by atoms with van der Waals surface area (Å²) in [5, 5.41) is 0. The molecule has 3 heterocycles. The quantitative estimate of drug-likeness (QED) is 0.710. The fourth-order valence-corrected chi connectivity index (χ4v) is 3.97. The van der Waals surface area contributed by atoms with Crippen LogP contribution in [0.5, 0.6) is 0 Å². The lowest BCUT2D eigenvalue weighted by atomic mass is 9.93. The topological polar surface area (TPSA) is 37.6 Å². The summed E-state index contributed by atoms with van der Waals surface area (Å²) in [4.78, 5) is 20.2. The molecule has 1 aromatic carbocycles. The molecule has 0 bridgehead atoms. The van der Waals surface area contributed by atoms with Gasteiger partial charge in [-0.3, -0.25) is 4.79 Å². The van der Waals surface area contributed by atoms with Crippen molar-refractivity contribution >= 4 is 17.1 Å². The Labute approximate surface area is 147 Å². The van der Waals surface area contributed by atoms with E-state index in [9.17, 15) is 4.79 Å². The van der Waals surface area contributed by atoms with Gasteiger partial charge in [-0.1, -0.05) is 31.2 Å². The number of carbonyl (C=O) groups excluding carboxylic acids is 1.